The van der Waals surface area contributed by atoms with E-state index in [0.29, 0.717) is 46.6 Å². The average molecular weight is 456 g/mol. The predicted molar refractivity (Wildman–Crippen MR) is 124 cm³/mol. The van der Waals surface area contributed by atoms with Crippen LogP contribution in [0, 0.1) is 29.4 Å². The number of nitrogens with zero attached hydrogens (tertiary/aromatic N) is 4. The summed E-state index contributed by atoms with van der Waals surface area (Å²) in [6.45, 7) is 4.56. The Balaban J connectivity index is 1.59. The maximum atomic E-state index is 14.8. The highest BCUT2D eigenvalue weighted by atomic mass is 19.1. The van der Waals surface area contributed by atoms with E-state index < -0.39 is 11.6 Å². The van der Waals surface area contributed by atoms with Gasteiger partial charge in [0.25, 0.3) is 0 Å². The second kappa shape index (κ2) is 8.97. The van der Waals surface area contributed by atoms with Crippen LogP contribution in [0.4, 0.5) is 14.6 Å². The van der Waals surface area contributed by atoms with Gasteiger partial charge in [-0.25, -0.2) is 23.7 Å². The van der Waals surface area contributed by atoms with Gasteiger partial charge in [0.2, 0.25) is 0 Å². The minimum absolute atomic E-state index is 0.175. The van der Waals surface area contributed by atoms with E-state index in [4.69, 9.17) is 0 Å². The van der Waals surface area contributed by atoms with Crippen molar-refractivity contribution in [2.24, 2.45) is 17.8 Å². The first-order chi connectivity index (χ1) is 16.0. The molecule has 0 radical (unpaired) electrons. The van der Waals surface area contributed by atoms with Crippen molar-refractivity contribution in [3.63, 3.8) is 0 Å². The molecule has 3 saturated carbocycles. The van der Waals surface area contributed by atoms with E-state index in [1.807, 2.05) is 4.57 Å². The highest BCUT2D eigenvalue weighted by Crippen LogP contribution is 2.42. The number of halogens is 2. The number of aliphatic hydroxyl groups excluding tert-OH is 1. The van der Waals surface area contributed by atoms with Crippen molar-refractivity contribution in [2.75, 3.05) is 5.32 Å². The molecule has 6 nitrogen and oxygen atoms in total. The van der Waals surface area contributed by atoms with Gasteiger partial charge in [-0.2, -0.15) is 0 Å². The molecule has 6 rings (SSSR count). The van der Waals surface area contributed by atoms with Crippen LogP contribution in [0.3, 0.4) is 0 Å². The molecule has 3 aliphatic carbocycles. The molecule has 0 amide bonds. The Morgan fingerprint density at radius 3 is 2.64 bits per heavy atom. The minimum atomic E-state index is -0.501. The number of fused-ring (bicyclic) bond motifs is 4. The van der Waals surface area contributed by atoms with Crippen molar-refractivity contribution in [3.8, 4) is 11.4 Å². The van der Waals surface area contributed by atoms with Crippen LogP contribution >= 0.6 is 0 Å². The van der Waals surface area contributed by atoms with Gasteiger partial charge in [0.05, 0.1) is 30.3 Å². The molecule has 0 spiro atoms. The minimum Gasteiger partial charge on any atom is -0.390 e. The van der Waals surface area contributed by atoms with Crippen molar-refractivity contribution in [2.45, 2.75) is 71.6 Å². The zero-order chi connectivity index (χ0) is 23.1. The second-order valence-electron chi connectivity index (χ2n) is 9.79. The van der Waals surface area contributed by atoms with E-state index in [2.05, 4.69) is 34.1 Å². The Hall–Kier alpha value is -2.61. The fraction of sp³-hybridized carbons (Fsp3) is 0.560. The lowest BCUT2D eigenvalue weighted by Crippen LogP contribution is -2.40. The van der Waals surface area contributed by atoms with Crippen molar-refractivity contribution in [1.29, 1.82) is 0 Å². The van der Waals surface area contributed by atoms with Gasteiger partial charge >= 0.3 is 0 Å². The summed E-state index contributed by atoms with van der Waals surface area (Å²) in [6.07, 6.45) is 9.19. The third-order valence-electron chi connectivity index (χ3n) is 7.65. The summed E-state index contributed by atoms with van der Waals surface area (Å²) in [7, 11) is 0. The van der Waals surface area contributed by atoms with Gasteiger partial charge in [-0.15, -0.1) is 0 Å². The quantitative estimate of drug-likeness (QED) is 0.506. The number of anilines is 1. The molecule has 2 bridgehead atoms. The summed E-state index contributed by atoms with van der Waals surface area (Å²) in [6, 6.07) is 1.60. The Morgan fingerprint density at radius 2 is 1.97 bits per heavy atom. The highest BCUT2D eigenvalue weighted by Gasteiger charge is 2.36. The Morgan fingerprint density at radius 1 is 1.18 bits per heavy atom. The number of aliphatic hydroxyl groups is 1. The summed E-state index contributed by atoms with van der Waals surface area (Å²) in [5.74, 6) is 1.03. The third-order valence-corrected chi connectivity index (χ3v) is 7.65. The molecule has 0 aliphatic heterocycles. The summed E-state index contributed by atoms with van der Waals surface area (Å²) in [5.41, 5.74) is 1.65. The summed E-state index contributed by atoms with van der Waals surface area (Å²) in [5, 5.41) is 14.2. The summed E-state index contributed by atoms with van der Waals surface area (Å²) < 4.78 is 30.9. The van der Waals surface area contributed by atoms with Crippen LogP contribution in [0.15, 0.2) is 18.5 Å². The first-order valence-electron chi connectivity index (χ1n) is 12.0. The normalized spacial score (nSPS) is 23.2. The fourth-order valence-corrected chi connectivity index (χ4v) is 5.62. The first-order valence-corrected chi connectivity index (χ1v) is 12.0. The number of nitrogens with one attached hydrogen (secondary N) is 1. The average Bonchev–Trinajstić information content (AvgIpc) is 3.13. The molecule has 2 atom stereocenters. The van der Waals surface area contributed by atoms with Gasteiger partial charge in [-0.05, 0) is 43.1 Å². The molecule has 3 fully saturated rings. The van der Waals surface area contributed by atoms with E-state index in [-0.39, 0.29) is 24.3 Å². The number of rotatable bonds is 7. The van der Waals surface area contributed by atoms with Crippen LogP contribution < -0.4 is 5.32 Å². The summed E-state index contributed by atoms with van der Waals surface area (Å²) in [4.78, 5) is 13.1. The Labute approximate surface area is 192 Å². The van der Waals surface area contributed by atoms with E-state index in [9.17, 15) is 13.9 Å². The molecule has 3 heterocycles. The molecule has 2 N–H and O–H groups in total. The first kappa shape index (κ1) is 22.2. The van der Waals surface area contributed by atoms with E-state index in [1.165, 1.54) is 37.9 Å². The highest BCUT2D eigenvalue weighted by molar-refractivity contribution is 5.94. The Kier molecular flexibility index (Phi) is 6.03. The van der Waals surface area contributed by atoms with Crippen molar-refractivity contribution in [1.82, 2.24) is 19.5 Å². The van der Waals surface area contributed by atoms with Crippen LogP contribution in [0.1, 0.15) is 58.1 Å². The number of aromatic nitrogens is 4. The van der Waals surface area contributed by atoms with Crippen LogP contribution in [0.5, 0.6) is 0 Å². The lowest BCUT2D eigenvalue weighted by molar-refractivity contribution is 0.157. The van der Waals surface area contributed by atoms with Crippen LogP contribution in [-0.2, 0) is 13.2 Å². The van der Waals surface area contributed by atoms with Gasteiger partial charge in [-0.1, -0.05) is 33.1 Å². The maximum Gasteiger partial charge on any atom is 0.183 e. The smallest absolute Gasteiger partial charge is 0.183 e. The van der Waals surface area contributed by atoms with Crippen LogP contribution in [-0.4, -0.2) is 30.7 Å². The lowest BCUT2D eigenvalue weighted by atomic mass is 9.68. The van der Waals surface area contributed by atoms with Crippen molar-refractivity contribution in [3.05, 3.63) is 35.8 Å². The number of pyridine rings is 1. The molecular weight excluding hydrogens is 424 g/mol. The monoisotopic (exact) mass is 455 g/mol. The van der Waals surface area contributed by atoms with E-state index in [1.54, 1.807) is 0 Å². The van der Waals surface area contributed by atoms with Gasteiger partial charge in [0, 0.05) is 18.0 Å². The van der Waals surface area contributed by atoms with Crippen molar-refractivity contribution < 1.29 is 13.9 Å². The fourth-order valence-electron chi connectivity index (χ4n) is 5.62. The van der Waals surface area contributed by atoms with Crippen LogP contribution in [0.2, 0.25) is 0 Å². The predicted octanol–water partition coefficient (Wildman–Crippen LogP) is 5.30. The number of hydrogen-bond acceptors (Lipinski definition) is 5. The van der Waals surface area contributed by atoms with Gasteiger partial charge in [-0.3, -0.25) is 0 Å². The molecule has 2 unspecified atom stereocenters. The zero-order valence-electron chi connectivity index (χ0n) is 19.2. The molecule has 0 aromatic carbocycles. The van der Waals surface area contributed by atoms with Gasteiger partial charge < -0.3 is 15.0 Å². The molecule has 0 saturated heterocycles. The molecule has 3 aromatic rings. The molecular formula is C25H31F2N5O. The molecule has 3 aliphatic rings. The molecule has 33 heavy (non-hydrogen) atoms. The van der Waals surface area contributed by atoms with Gasteiger partial charge in [0.1, 0.15) is 11.5 Å². The topological polar surface area (TPSA) is 75.9 Å². The Bertz CT molecular complexity index is 1160. The third kappa shape index (κ3) is 4.09. The zero-order valence-corrected chi connectivity index (χ0v) is 19.2. The molecule has 8 heteroatoms. The second-order valence-corrected chi connectivity index (χ2v) is 9.79. The van der Waals surface area contributed by atoms with Crippen LogP contribution in [0.25, 0.3) is 22.4 Å². The number of hydrogen-bond donors (Lipinski definition) is 2. The SMILES string of the molecule is CCC(C)Cn1c(CO)c(-c2ncc(F)c(NC3CC4CCC3CC4)n2)c2cc(F)cnc21. The van der Waals surface area contributed by atoms with E-state index in [0.717, 1.165) is 19.0 Å². The summed E-state index contributed by atoms with van der Waals surface area (Å²) >= 11 is 0. The molecule has 3 aromatic heterocycles. The lowest BCUT2D eigenvalue weighted by Gasteiger charge is -2.42. The molecule has 176 valence electrons. The van der Waals surface area contributed by atoms with E-state index >= 15 is 0 Å². The standard InChI is InChI=1S/C25H31F2N5O/c1-3-14(2)12-32-21(13-33)22(18-9-17(26)10-29-25(18)32)24-28-11-19(27)23(31-24)30-20-8-15-4-6-16(20)7-5-15/h9-11,14-16,20,33H,3-8,12-13H2,1-2H3,(H,28,30,31). The largest absolute Gasteiger partial charge is 0.390 e. The van der Waals surface area contributed by atoms with Crippen molar-refractivity contribution >= 4 is 16.9 Å². The maximum absolute atomic E-state index is 14.8. The van der Waals surface area contributed by atoms with Gasteiger partial charge in [0.15, 0.2) is 17.5 Å².